The fraction of sp³-hybridized carbons (Fsp3) is 0.292. The maximum absolute atomic E-state index is 13.3. The van der Waals surface area contributed by atoms with E-state index in [0.717, 1.165) is 34.1 Å². The lowest BCUT2D eigenvalue weighted by Gasteiger charge is -2.10. The molecule has 0 atom stereocenters. The summed E-state index contributed by atoms with van der Waals surface area (Å²) in [6.07, 6.45) is 4.17. The van der Waals surface area contributed by atoms with Gasteiger partial charge in [-0.25, -0.2) is 4.39 Å². The summed E-state index contributed by atoms with van der Waals surface area (Å²) in [5.41, 5.74) is 3.98. The minimum absolute atomic E-state index is 0.128. The summed E-state index contributed by atoms with van der Waals surface area (Å²) >= 11 is 0. The summed E-state index contributed by atoms with van der Waals surface area (Å²) in [6.45, 7) is 6.77. The van der Waals surface area contributed by atoms with Crippen LogP contribution in [0.3, 0.4) is 0 Å². The third kappa shape index (κ3) is 4.86. The molecular formula is C24H26FNO3. The molecule has 0 aliphatic rings. The molecule has 2 aromatic carbocycles. The maximum Gasteiger partial charge on any atom is 0.244 e. The molecule has 3 rings (SSSR count). The molecule has 0 unspecified atom stereocenters. The zero-order valence-corrected chi connectivity index (χ0v) is 17.2. The number of carbonyl (C=O) groups excluding carboxylic acids is 1. The van der Waals surface area contributed by atoms with Crippen molar-refractivity contribution in [3.63, 3.8) is 0 Å². The SMILES string of the molecule is COc1cc2occ(-c3ccc(F)cc3)c2cc1/C(C)=C/C(=O)NCCC(C)C. The van der Waals surface area contributed by atoms with Crippen LogP contribution in [-0.2, 0) is 4.79 Å². The fourth-order valence-electron chi connectivity index (χ4n) is 3.19. The van der Waals surface area contributed by atoms with E-state index >= 15 is 0 Å². The zero-order chi connectivity index (χ0) is 21.0. The monoisotopic (exact) mass is 395 g/mol. The number of nitrogens with one attached hydrogen (secondary N) is 1. The number of hydrogen-bond acceptors (Lipinski definition) is 3. The second-order valence-corrected chi connectivity index (χ2v) is 7.51. The lowest BCUT2D eigenvalue weighted by molar-refractivity contribution is -0.116. The maximum atomic E-state index is 13.3. The predicted molar refractivity (Wildman–Crippen MR) is 114 cm³/mol. The van der Waals surface area contributed by atoms with Crippen LogP contribution < -0.4 is 10.1 Å². The molecule has 29 heavy (non-hydrogen) atoms. The fourth-order valence-corrected chi connectivity index (χ4v) is 3.19. The topological polar surface area (TPSA) is 51.5 Å². The van der Waals surface area contributed by atoms with Crippen LogP contribution in [-0.4, -0.2) is 19.6 Å². The molecule has 1 amide bonds. The van der Waals surface area contributed by atoms with Crippen molar-refractivity contribution in [2.45, 2.75) is 27.2 Å². The average Bonchev–Trinajstić information content (AvgIpc) is 3.10. The van der Waals surface area contributed by atoms with E-state index in [1.165, 1.54) is 12.1 Å². The van der Waals surface area contributed by atoms with Crippen molar-refractivity contribution in [3.8, 4) is 16.9 Å². The van der Waals surface area contributed by atoms with Crippen molar-refractivity contribution in [1.29, 1.82) is 0 Å². The van der Waals surface area contributed by atoms with Gasteiger partial charge in [0.1, 0.15) is 17.1 Å². The van der Waals surface area contributed by atoms with Gasteiger partial charge >= 0.3 is 0 Å². The molecule has 4 nitrogen and oxygen atoms in total. The highest BCUT2D eigenvalue weighted by Crippen LogP contribution is 2.37. The molecule has 0 fully saturated rings. The van der Waals surface area contributed by atoms with Crippen molar-refractivity contribution >= 4 is 22.4 Å². The second kappa shape index (κ2) is 8.95. The van der Waals surface area contributed by atoms with Crippen LogP contribution in [0.5, 0.6) is 5.75 Å². The number of halogens is 1. The number of ether oxygens (including phenoxy) is 1. The number of rotatable bonds is 7. The summed E-state index contributed by atoms with van der Waals surface area (Å²) in [4.78, 5) is 12.3. The summed E-state index contributed by atoms with van der Waals surface area (Å²) in [6, 6.07) is 10.0. The first-order valence-electron chi connectivity index (χ1n) is 9.70. The number of allylic oxidation sites excluding steroid dienone is 1. The molecule has 0 bridgehead atoms. The largest absolute Gasteiger partial charge is 0.496 e. The predicted octanol–water partition coefficient (Wildman–Crippen LogP) is 5.81. The van der Waals surface area contributed by atoms with E-state index in [2.05, 4.69) is 19.2 Å². The first kappa shape index (κ1) is 20.6. The van der Waals surface area contributed by atoms with E-state index in [-0.39, 0.29) is 11.7 Å². The molecule has 0 radical (unpaired) electrons. The molecule has 1 N–H and O–H groups in total. The van der Waals surface area contributed by atoms with Crippen LogP contribution in [0.4, 0.5) is 4.39 Å². The van der Waals surface area contributed by atoms with Crippen LogP contribution in [0.1, 0.15) is 32.8 Å². The van der Waals surface area contributed by atoms with Crippen LogP contribution in [0, 0.1) is 11.7 Å². The normalized spacial score (nSPS) is 11.9. The molecule has 1 aromatic heterocycles. The van der Waals surface area contributed by atoms with Gasteiger partial charge in [0.25, 0.3) is 0 Å². The Morgan fingerprint density at radius 3 is 2.62 bits per heavy atom. The minimum Gasteiger partial charge on any atom is -0.496 e. The average molecular weight is 395 g/mol. The molecule has 0 spiro atoms. The van der Waals surface area contributed by atoms with E-state index in [0.29, 0.717) is 23.8 Å². The molecule has 0 saturated heterocycles. The Balaban J connectivity index is 1.96. The first-order chi connectivity index (χ1) is 13.9. The standard InChI is InChI=1S/C24H26FNO3/c1-15(2)9-10-26-24(27)11-16(3)19-12-20-21(17-5-7-18(25)8-6-17)14-29-23(20)13-22(19)28-4/h5-8,11-15H,9-10H2,1-4H3,(H,26,27)/b16-11+. The second-order valence-electron chi connectivity index (χ2n) is 7.51. The number of benzene rings is 2. The van der Waals surface area contributed by atoms with Gasteiger partial charge in [0, 0.05) is 35.2 Å². The Hall–Kier alpha value is -3.08. The van der Waals surface area contributed by atoms with E-state index in [1.807, 2.05) is 19.1 Å². The lowest BCUT2D eigenvalue weighted by Crippen LogP contribution is -2.23. The molecule has 1 heterocycles. The van der Waals surface area contributed by atoms with E-state index in [4.69, 9.17) is 9.15 Å². The Bertz CT molecular complexity index is 1030. The van der Waals surface area contributed by atoms with E-state index < -0.39 is 0 Å². The van der Waals surface area contributed by atoms with E-state index in [9.17, 15) is 9.18 Å². The quantitative estimate of drug-likeness (QED) is 0.513. The highest BCUT2D eigenvalue weighted by atomic mass is 19.1. The number of hydrogen-bond donors (Lipinski definition) is 1. The van der Waals surface area contributed by atoms with Crippen molar-refractivity contribution in [3.05, 3.63) is 60.1 Å². The molecule has 0 aliphatic heterocycles. The molecule has 0 saturated carbocycles. The number of carbonyl (C=O) groups is 1. The van der Waals surface area contributed by atoms with Crippen LogP contribution in [0.2, 0.25) is 0 Å². The van der Waals surface area contributed by atoms with E-state index in [1.54, 1.807) is 31.6 Å². The van der Waals surface area contributed by atoms with Crippen molar-refractivity contribution in [1.82, 2.24) is 5.32 Å². The zero-order valence-electron chi connectivity index (χ0n) is 17.2. The molecule has 3 aromatic rings. The highest BCUT2D eigenvalue weighted by molar-refractivity contribution is 6.00. The van der Waals surface area contributed by atoms with Gasteiger partial charge in [0.05, 0.1) is 13.4 Å². The summed E-state index contributed by atoms with van der Waals surface area (Å²) in [5, 5.41) is 3.79. The third-order valence-corrected chi connectivity index (χ3v) is 4.84. The van der Waals surface area contributed by atoms with Gasteiger partial charge in [-0.1, -0.05) is 26.0 Å². The van der Waals surface area contributed by atoms with Gasteiger partial charge in [0.2, 0.25) is 5.91 Å². The van der Waals surface area contributed by atoms with Crippen LogP contribution in [0.15, 0.2) is 53.2 Å². The summed E-state index contributed by atoms with van der Waals surface area (Å²) in [7, 11) is 1.59. The number of amides is 1. The Morgan fingerprint density at radius 1 is 1.24 bits per heavy atom. The summed E-state index contributed by atoms with van der Waals surface area (Å²) in [5.74, 6) is 0.748. The third-order valence-electron chi connectivity index (χ3n) is 4.84. The Kier molecular flexibility index (Phi) is 6.37. The molecule has 0 aliphatic carbocycles. The lowest BCUT2D eigenvalue weighted by atomic mass is 9.99. The van der Waals surface area contributed by atoms with Gasteiger partial charge in [-0.05, 0) is 48.6 Å². The van der Waals surface area contributed by atoms with Gasteiger partial charge < -0.3 is 14.5 Å². The van der Waals surface area contributed by atoms with Gasteiger partial charge in [-0.15, -0.1) is 0 Å². The Labute approximate surface area is 170 Å². The van der Waals surface area contributed by atoms with Crippen molar-refractivity contribution < 1.29 is 18.3 Å². The molecule has 5 heteroatoms. The van der Waals surface area contributed by atoms with Crippen LogP contribution >= 0.6 is 0 Å². The van der Waals surface area contributed by atoms with Gasteiger partial charge in [-0.3, -0.25) is 4.79 Å². The van der Waals surface area contributed by atoms with Crippen molar-refractivity contribution in [2.24, 2.45) is 5.92 Å². The molecular weight excluding hydrogens is 369 g/mol. The highest BCUT2D eigenvalue weighted by Gasteiger charge is 2.15. The number of furan rings is 1. The minimum atomic E-state index is -0.286. The van der Waals surface area contributed by atoms with Crippen molar-refractivity contribution in [2.75, 3.05) is 13.7 Å². The number of methoxy groups -OCH3 is 1. The number of fused-ring (bicyclic) bond motifs is 1. The van der Waals surface area contributed by atoms with Crippen LogP contribution in [0.25, 0.3) is 27.7 Å². The summed E-state index contributed by atoms with van der Waals surface area (Å²) < 4.78 is 24.5. The van der Waals surface area contributed by atoms with Gasteiger partial charge in [-0.2, -0.15) is 0 Å². The Morgan fingerprint density at radius 2 is 1.97 bits per heavy atom. The first-order valence-corrected chi connectivity index (χ1v) is 9.70. The molecule has 152 valence electrons. The smallest absolute Gasteiger partial charge is 0.244 e. The van der Waals surface area contributed by atoms with Gasteiger partial charge in [0.15, 0.2) is 0 Å².